The van der Waals surface area contributed by atoms with Crippen LogP contribution >= 0.6 is 0 Å². The van der Waals surface area contributed by atoms with Crippen molar-refractivity contribution in [1.29, 1.82) is 0 Å². The van der Waals surface area contributed by atoms with Crippen LogP contribution in [0, 0.1) is 11.6 Å². The van der Waals surface area contributed by atoms with E-state index in [-0.39, 0.29) is 29.9 Å². The lowest BCUT2D eigenvalue weighted by Crippen LogP contribution is -2.49. The number of carbonyl (C=O) groups is 2. The van der Waals surface area contributed by atoms with Crippen molar-refractivity contribution in [2.45, 2.75) is 49.4 Å². The van der Waals surface area contributed by atoms with Crippen LogP contribution in [0.25, 0.3) is 0 Å². The highest BCUT2D eigenvalue weighted by atomic mass is 19.4. The highest BCUT2D eigenvalue weighted by molar-refractivity contribution is 5.91. The normalized spacial score (nSPS) is 21.6. The molecular formula is C23H21F5N2O3. The summed E-state index contributed by atoms with van der Waals surface area (Å²) in [6.45, 7) is 0. The van der Waals surface area contributed by atoms with Crippen LogP contribution in [-0.4, -0.2) is 25.0 Å². The summed E-state index contributed by atoms with van der Waals surface area (Å²) in [6, 6.07) is 4.75. The molecule has 2 fully saturated rings. The van der Waals surface area contributed by atoms with E-state index in [0.717, 1.165) is 24.3 Å². The molecule has 10 heteroatoms. The molecule has 0 heterocycles. The lowest BCUT2D eigenvalue weighted by atomic mass is 9.92. The Morgan fingerprint density at radius 3 is 2.36 bits per heavy atom. The topological polar surface area (TPSA) is 67.4 Å². The Balaban J connectivity index is 1.52. The standard InChI is InChI=1S/C23H21F5N2O3/c1-33-14-10-16(24)19(17(25)11-14)15-5-6-18(31)20(15)29-21(32)30-22(7-8-22)12-3-2-4-13(9-12)23(26,27)28/h2-4,9-11,15,20H,5-8H2,1H3,(H2,29,30,32)/t15-,20-/m0/s1. The number of hydrogen-bond donors (Lipinski definition) is 2. The Kier molecular flexibility index (Phi) is 5.79. The minimum atomic E-state index is -4.52. The molecule has 176 valence electrons. The summed E-state index contributed by atoms with van der Waals surface area (Å²) in [5.74, 6) is -3.09. The molecule has 2 aromatic carbocycles. The third-order valence-corrected chi connectivity index (χ3v) is 6.24. The summed E-state index contributed by atoms with van der Waals surface area (Å²) >= 11 is 0. The van der Waals surface area contributed by atoms with E-state index < -0.39 is 46.9 Å². The van der Waals surface area contributed by atoms with E-state index in [4.69, 9.17) is 4.74 Å². The number of carbonyl (C=O) groups excluding carboxylic acids is 2. The number of benzene rings is 2. The number of ether oxygens (including phenoxy) is 1. The van der Waals surface area contributed by atoms with E-state index >= 15 is 0 Å². The van der Waals surface area contributed by atoms with Crippen molar-refractivity contribution < 1.29 is 36.3 Å². The van der Waals surface area contributed by atoms with Gasteiger partial charge in [-0.2, -0.15) is 13.2 Å². The van der Waals surface area contributed by atoms with Gasteiger partial charge in [0.25, 0.3) is 0 Å². The van der Waals surface area contributed by atoms with Crippen LogP contribution in [0.5, 0.6) is 5.75 Å². The fourth-order valence-electron chi connectivity index (χ4n) is 4.37. The number of methoxy groups -OCH3 is 1. The molecule has 0 aromatic heterocycles. The number of urea groups is 1. The average Bonchev–Trinajstić information content (AvgIpc) is 3.45. The van der Waals surface area contributed by atoms with Gasteiger partial charge in [0.1, 0.15) is 17.4 Å². The van der Waals surface area contributed by atoms with E-state index in [2.05, 4.69) is 10.6 Å². The Morgan fingerprint density at radius 1 is 1.12 bits per heavy atom. The third kappa shape index (κ3) is 4.51. The zero-order valence-electron chi connectivity index (χ0n) is 17.6. The van der Waals surface area contributed by atoms with Crippen LogP contribution in [0.1, 0.15) is 48.3 Å². The molecule has 5 nitrogen and oxygen atoms in total. The number of halogens is 5. The van der Waals surface area contributed by atoms with Gasteiger partial charge in [-0.3, -0.25) is 4.79 Å². The Bertz CT molecular complexity index is 1070. The van der Waals surface area contributed by atoms with Gasteiger partial charge in [-0.1, -0.05) is 12.1 Å². The maximum atomic E-state index is 14.6. The molecule has 4 rings (SSSR count). The van der Waals surface area contributed by atoms with E-state index in [9.17, 15) is 31.5 Å². The maximum Gasteiger partial charge on any atom is 0.416 e. The monoisotopic (exact) mass is 468 g/mol. The first kappa shape index (κ1) is 23.0. The highest BCUT2D eigenvalue weighted by Crippen LogP contribution is 2.47. The van der Waals surface area contributed by atoms with Gasteiger partial charge in [0.05, 0.1) is 24.3 Å². The number of rotatable bonds is 5. The number of hydrogen-bond acceptors (Lipinski definition) is 3. The van der Waals surface area contributed by atoms with Gasteiger partial charge in [-0.15, -0.1) is 0 Å². The summed E-state index contributed by atoms with van der Waals surface area (Å²) in [7, 11) is 1.26. The first-order valence-corrected chi connectivity index (χ1v) is 10.4. The van der Waals surface area contributed by atoms with Crippen molar-refractivity contribution in [2.24, 2.45) is 0 Å². The number of ketones is 1. The fourth-order valence-corrected chi connectivity index (χ4v) is 4.37. The predicted octanol–water partition coefficient (Wildman–Crippen LogP) is 4.80. The number of nitrogens with one attached hydrogen (secondary N) is 2. The van der Waals surface area contributed by atoms with Crippen LogP contribution in [0.4, 0.5) is 26.7 Å². The largest absolute Gasteiger partial charge is 0.497 e. The lowest BCUT2D eigenvalue weighted by Gasteiger charge is -2.24. The van der Waals surface area contributed by atoms with Gasteiger partial charge < -0.3 is 15.4 Å². The maximum absolute atomic E-state index is 14.6. The predicted molar refractivity (Wildman–Crippen MR) is 108 cm³/mol. The van der Waals surface area contributed by atoms with Gasteiger partial charge in [-0.05, 0) is 37.0 Å². The molecule has 2 aliphatic rings. The summed E-state index contributed by atoms with van der Waals surface area (Å²) < 4.78 is 73.2. The molecule has 0 radical (unpaired) electrons. The summed E-state index contributed by atoms with van der Waals surface area (Å²) in [5, 5.41) is 5.14. The van der Waals surface area contributed by atoms with E-state index in [1.54, 1.807) is 0 Å². The molecular weight excluding hydrogens is 447 g/mol. The molecule has 0 unspecified atom stereocenters. The van der Waals surface area contributed by atoms with E-state index in [0.29, 0.717) is 18.4 Å². The molecule has 2 N–H and O–H groups in total. The number of alkyl halides is 3. The Hall–Kier alpha value is -3.17. The minimum absolute atomic E-state index is 0.0166. The molecule has 2 aliphatic carbocycles. The Morgan fingerprint density at radius 2 is 1.79 bits per heavy atom. The van der Waals surface area contributed by atoms with E-state index in [1.807, 2.05) is 0 Å². The van der Waals surface area contributed by atoms with Crippen molar-refractivity contribution in [3.05, 3.63) is 64.7 Å². The second-order valence-corrected chi connectivity index (χ2v) is 8.35. The van der Waals surface area contributed by atoms with Crippen molar-refractivity contribution in [3.8, 4) is 5.75 Å². The van der Waals surface area contributed by atoms with Crippen LogP contribution in [0.2, 0.25) is 0 Å². The van der Waals surface area contributed by atoms with Crippen molar-refractivity contribution in [2.75, 3.05) is 7.11 Å². The first-order valence-electron chi connectivity index (χ1n) is 10.4. The molecule has 33 heavy (non-hydrogen) atoms. The smallest absolute Gasteiger partial charge is 0.416 e. The average molecular weight is 468 g/mol. The van der Waals surface area contributed by atoms with E-state index in [1.165, 1.54) is 19.2 Å². The van der Waals surface area contributed by atoms with Crippen LogP contribution in [0.15, 0.2) is 36.4 Å². The highest BCUT2D eigenvalue weighted by Gasteiger charge is 2.48. The van der Waals surface area contributed by atoms with Crippen molar-refractivity contribution in [3.63, 3.8) is 0 Å². The van der Waals surface area contributed by atoms with Crippen molar-refractivity contribution in [1.82, 2.24) is 10.6 Å². The quantitative estimate of drug-likeness (QED) is 0.620. The van der Waals surface area contributed by atoms with Gasteiger partial charge >= 0.3 is 12.2 Å². The summed E-state index contributed by atoms with van der Waals surface area (Å²) in [6.07, 6.45) is -3.51. The SMILES string of the molecule is COc1cc(F)c([C@@H]2CCC(=O)[C@H]2NC(=O)NC2(c3cccc(C(F)(F)F)c3)CC2)c(F)c1. The minimum Gasteiger partial charge on any atom is -0.497 e. The zero-order chi connectivity index (χ0) is 24.0. The number of Topliss-reactive ketones (excluding diaryl/α,β-unsaturated/α-hetero) is 1. The van der Waals surface area contributed by atoms with Crippen LogP contribution in [-0.2, 0) is 16.5 Å². The number of amides is 2. The molecule has 2 aromatic rings. The first-order chi connectivity index (χ1) is 15.5. The second-order valence-electron chi connectivity index (χ2n) is 8.35. The summed E-state index contributed by atoms with van der Waals surface area (Å²) in [4.78, 5) is 25.1. The second kappa shape index (κ2) is 8.31. The lowest BCUT2D eigenvalue weighted by molar-refractivity contribution is -0.137. The molecule has 0 saturated heterocycles. The van der Waals surface area contributed by atoms with Gasteiger partial charge in [-0.25, -0.2) is 13.6 Å². The fraction of sp³-hybridized carbons (Fsp3) is 0.391. The third-order valence-electron chi connectivity index (χ3n) is 6.24. The van der Waals surface area contributed by atoms with Gasteiger partial charge in [0, 0.05) is 30.0 Å². The molecule has 0 aliphatic heterocycles. The Labute approximate surface area is 186 Å². The van der Waals surface area contributed by atoms with Crippen LogP contribution < -0.4 is 15.4 Å². The molecule has 2 amide bonds. The summed E-state index contributed by atoms with van der Waals surface area (Å²) in [5.41, 5.74) is -1.83. The van der Waals surface area contributed by atoms with Gasteiger partial charge in [0.2, 0.25) is 0 Å². The molecule has 0 bridgehead atoms. The molecule has 2 saturated carbocycles. The molecule has 2 atom stereocenters. The van der Waals surface area contributed by atoms with Crippen LogP contribution in [0.3, 0.4) is 0 Å². The van der Waals surface area contributed by atoms with Crippen molar-refractivity contribution >= 4 is 11.8 Å². The zero-order valence-corrected chi connectivity index (χ0v) is 17.6. The molecule has 0 spiro atoms. The van der Waals surface area contributed by atoms with Gasteiger partial charge in [0.15, 0.2) is 5.78 Å².